The maximum absolute atomic E-state index is 11.3. The molecule has 0 saturated carbocycles. The minimum atomic E-state index is -0.919. The molecule has 0 bridgehead atoms. The number of anilines is 1. The van der Waals surface area contributed by atoms with E-state index < -0.39 is 5.97 Å². The first-order valence-electron chi connectivity index (χ1n) is 7.17. The summed E-state index contributed by atoms with van der Waals surface area (Å²) < 4.78 is 0. The molecule has 0 amide bonds. The van der Waals surface area contributed by atoms with Gasteiger partial charge in [0.25, 0.3) is 0 Å². The van der Waals surface area contributed by atoms with Crippen molar-refractivity contribution in [2.75, 3.05) is 5.32 Å². The first-order valence-corrected chi connectivity index (χ1v) is 7.17. The molecule has 112 valence electrons. The molecule has 1 heterocycles. The topological polar surface area (TPSA) is 62.2 Å². The highest BCUT2D eigenvalue weighted by Gasteiger charge is 2.20. The molecular weight excluding hydrogens is 252 g/mol. The summed E-state index contributed by atoms with van der Waals surface area (Å²) >= 11 is 0. The van der Waals surface area contributed by atoms with E-state index >= 15 is 0 Å². The van der Waals surface area contributed by atoms with Crippen molar-refractivity contribution in [1.29, 1.82) is 0 Å². The number of hydrogen-bond donors (Lipinski definition) is 2. The van der Waals surface area contributed by atoms with Gasteiger partial charge in [0.2, 0.25) is 0 Å². The van der Waals surface area contributed by atoms with Gasteiger partial charge in [-0.1, -0.05) is 41.0 Å². The summed E-state index contributed by atoms with van der Waals surface area (Å²) in [5, 5.41) is 12.6. The Bertz CT molecular complexity index is 478. The molecule has 2 N–H and O–H groups in total. The minimum absolute atomic E-state index is 0.179. The summed E-state index contributed by atoms with van der Waals surface area (Å²) in [5.41, 5.74) is 0.890. The van der Waals surface area contributed by atoms with E-state index in [0.29, 0.717) is 11.7 Å². The Labute approximate surface area is 121 Å². The third kappa shape index (κ3) is 4.22. The fourth-order valence-electron chi connectivity index (χ4n) is 1.84. The van der Waals surface area contributed by atoms with Crippen LogP contribution in [0, 0.1) is 5.92 Å². The lowest BCUT2D eigenvalue weighted by Gasteiger charge is -2.23. The lowest BCUT2D eigenvalue weighted by Crippen LogP contribution is -2.25. The maximum atomic E-state index is 11.3. The molecule has 0 aliphatic heterocycles. The molecular formula is C16H26N2O2. The van der Waals surface area contributed by atoms with Crippen LogP contribution in [0.5, 0.6) is 0 Å². The number of carboxylic acids is 1. The van der Waals surface area contributed by atoms with E-state index in [2.05, 4.69) is 31.1 Å². The highest BCUT2D eigenvalue weighted by atomic mass is 16.4. The van der Waals surface area contributed by atoms with Crippen LogP contribution in [0.3, 0.4) is 0 Å². The number of hydrogen-bond acceptors (Lipinski definition) is 3. The van der Waals surface area contributed by atoms with Gasteiger partial charge in [-0.05, 0) is 25.0 Å². The SMILES string of the molecule is CCC(C)C(C)Nc1cc(C(=O)O)cc(C(C)(C)C)n1. The van der Waals surface area contributed by atoms with Gasteiger partial charge in [0.1, 0.15) is 5.82 Å². The second-order valence-corrected chi connectivity index (χ2v) is 6.50. The van der Waals surface area contributed by atoms with Crippen molar-refractivity contribution < 1.29 is 9.90 Å². The molecule has 0 aromatic carbocycles. The minimum Gasteiger partial charge on any atom is -0.478 e. The standard InChI is InChI=1S/C16H26N2O2/c1-7-10(2)11(3)17-14-9-12(15(19)20)8-13(18-14)16(4,5)6/h8-11H,7H2,1-6H3,(H,17,18)(H,19,20). The Morgan fingerprint density at radius 1 is 1.35 bits per heavy atom. The van der Waals surface area contributed by atoms with Crippen LogP contribution < -0.4 is 5.32 Å². The van der Waals surface area contributed by atoms with Crippen LogP contribution in [0.1, 0.15) is 64.0 Å². The predicted octanol–water partition coefficient (Wildman–Crippen LogP) is 3.92. The molecule has 20 heavy (non-hydrogen) atoms. The average Bonchev–Trinajstić information content (AvgIpc) is 2.36. The Morgan fingerprint density at radius 2 is 1.95 bits per heavy atom. The van der Waals surface area contributed by atoms with Crippen LogP contribution in [0.4, 0.5) is 5.82 Å². The molecule has 1 rings (SSSR count). The van der Waals surface area contributed by atoms with Crippen LogP contribution in [-0.2, 0) is 5.41 Å². The summed E-state index contributed by atoms with van der Waals surface area (Å²) in [5.74, 6) is 0.225. The Hall–Kier alpha value is -1.58. The van der Waals surface area contributed by atoms with Crippen molar-refractivity contribution >= 4 is 11.8 Å². The summed E-state index contributed by atoms with van der Waals surface area (Å²) in [4.78, 5) is 15.8. The lowest BCUT2D eigenvalue weighted by molar-refractivity contribution is 0.0696. The summed E-state index contributed by atoms with van der Waals surface area (Å²) in [6, 6.07) is 3.52. The summed E-state index contributed by atoms with van der Waals surface area (Å²) in [6.07, 6.45) is 1.07. The Balaban J connectivity index is 3.13. The number of pyridine rings is 1. The van der Waals surface area contributed by atoms with E-state index in [1.54, 1.807) is 12.1 Å². The van der Waals surface area contributed by atoms with Crippen molar-refractivity contribution in [3.05, 3.63) is 23.4 Å². The van der Waals surface area contributed by atoms with E-state index in [1.165, 1.54) is 0 Å². The van der Waals surface area contributed by atoms with E-state index in [0.717, 1.165) is 12.1 Å². The molecule has 4 nitrogen and oxygen atoms in total. The zero-order valence-corrected chi connectivity index (χ0v) is 13.3. The van der Waals surface area contributed by atoms with Crippen molar-refractivity contribution in [3.8, 4) is 0 Å². The van der Waals surface area contributed by atoms with Gasteiger partial charge in [0.05, 0.1) is 5.56 Å². The predicted molar refractivity (Wildman–Crippen MR) is 82.4 cm³/mol. The van der Waals surface area contributed by atoms with E-state index in [-0.39, 0.29) is 17.0 Å². The fraction of sp³-hybridized carbons (Fsp3) is 0.625. The zero-order valence-electron chi connectivity index (χ0n) is 13.3. The van der Waals surface area contributed by atoms with Crippen LogP contribution >= 0.6 is 0 Å². The van der Waals surface area contributed by atoms with Gasteiger partial charge in [-0.3, -0.25) is 0 Å². The third-order valence-corrected chi connectivity index (χ3v) is 3.71. The number of aromatic carboxylic acids is 1. The highest BCUT2D eigenvalue weighted by molar-refractivity contribution is 5.88. The number of aromatic nitrogens is 1. The maximum Gasteiger partial charge on any atom is 0.335 e. The molecule has 1 aromatic heterocycles. The normalized spacial score (nSPS) is 14.7. The largest absolute Gasteiger partial charge is 0.478 e. The molecule has 0 aliphatic rings. The van der Waals surface area contributed by atoms with Crippen molar-refractivity contribution in [1.82, 2.24) is 4.98 Å². The van der Waals surface area contributed by atoms with Gasteiger partial charge in [0.15, 0.2) is 0 Å². The molecule has 0 radical (unpaired) electrons. The summed E-state index contributed by atoms with van der Waals surface area (Å²) in [6.45, 7) is 12.5. The fourth-order valence-corrected chi connectivity index (χ4v) is 1.84. The zero-order chi connectivity index (χ0) is 15.5. The van der Waals surface area contributed by atoms with E-state index in [1.807, 2.05) is 20.8 Å². The molecule has 2 atom stereocenters. The lowest BCUT2D eigenvalue weighted by atomic mass is 9.90. The number of carbonyl (C=O) groups is 1. The van der Waals surface area contributed by atoms with Crippen molar-refractivity contribution in [2.45, 2.75) is 59.4 Å². The molecule has 4 heteroatoms. The van der Waals surface area contributed by atoms with Gasteiger partial charge in [-0.15, -0.1) is 0 Å². The van der Waals surface area contributed by atoms with Crippen LogP contribution in [-0.4, -0.2) is 22.1 Å². The second kappa shape index (κ2) is 6.25. The Morgan fingerprint density at radius 3 is 2.40 bits per heavy atom. The Kier molecular flexibility index (Phi) is 5.15. The molecule has 0 fully saturated rings. The van der Waals surface area contributed by atoms with Crippen LogP contribution in [0.15, 0.2) is 12.1 Å². The van der Waals surface area contributed by atoms with Gasteiger partial charge < -0.3 is 10.4 Å². The molecule has 1 aromatic rings. The van der Waals surface area contributed by atoms with E-state index in [4.69, 9.17) is 0 Å². The van der Waals surface area contributed by atoms with Crippen LogP contribution in [0.25, 0.3) is 0 Å². The number of rotatable bonds is 5. The number of carboxylic acid groups (broad SMARTS) is 1. The first-order chi connectivity index (χ1) is 9.15. The molecule has 0 saturated heterocycles. The van der Waals surface area contributed by atoms with Gasteiger partial charge in [-0.25, -0.2) is 9.78 Å². The van der Waals surface area contributed by atoms with Crippen molar-refractivity contribution in [2.24, 2.45) is 5.92 Å². The van der Waals surface area contributed by atoms with Gasteiger partial charge in [0, 0.05) is 17.2 Å². The summed E-state index contributed by atoms with van der Waals surface area (Å²) in [7, 11) is 0. The van der Waals surface area contributed by atoms with Crippen LogP contribution in [0.2, 0.25) is 0 Å². The van der Waals surface area contributed by atoms with Gasteiger partial charge >= 0.3 is 5.97 Å². The second-order valence-electron chi connectivity index (χ2n) is 6.50. The van der Waals surface area contributed by atoms with E-state index in [9.17, 15) is 9.90 Å². The average molecular weight is 278 g/mol. The number of nitrogens with one attached hydrogen (secondary N) is 1. The smallest absolute Gasteiger partial charge is 0.335 e. The highest BCUT2D eigenvalue weighted by Crippen LogP contribution is 2.24. The quantitative estimate of drug-likeness (QED) is 0.856. The molecule has 2 unspecified atom stereocenters. The van der Waals surface area contributed by atoms with Crippen molar-refractivity contribution in [3.63, 3.8) is 0 Å². The first kappa shape index (κ1) is 16.5. The molecule has 0 aliphatic carbocycles. The number of nitrogens with zero attached hydrogens (tertiary/aromatic N) is 1. The third-order valence-electron chi connectivity index (χ3n) is 3.71. The van der Waals surface area contributed by atoms with Gasteiger partial charge in [-0.2, -0.15) is 0 Å². The molecule has 0 spiro atoms. The monoisotopic (exact) mass is 278 g/mol.